The molecule has 0 bridgehead atoms. The van der Waals surface area contributed by atoms with Crippen LogP contribution in [0.2, 0.25) is 0 Å². The zero-order chi connectivity index (χ0) is 24.9. The fourth-order valence-corrected chi connectivity index (χ4v) is 3.46. The van der Waals surface area contributed by atoms with Crippen molar-refractivity contribution in [2.45, 2.75) is 32.6 Å². The largest absolute Gasteiger partial charge is 0.459 e. The average molecular weight is 475 g/mol. The lowest BCUT2D eigenvalue weighted by atomic mass is 9.98. The van der Waals surface area contributed by atoms with Gasteiger partial charge in [-0.25, -0.2) is 9.86 Å². The van der Waals surface area contributed by atoms with E-state index in [9.17, 15) is 14.4 Å². The quantitative estimate of drug-likeness (QED) is 0.232. The number of carbonyl (C=O) groups is 3. The van der Waals surface area contributed by atoms with Crippen LogP contribution in [0.1, 0.15) is 23.6 Å². The normalized spacial score (nSPS) is 12.3. The molecule has 0 fully saturated rings. The van der Waals surface area contributed by atoms with E-state index in [4.69, 9.17) is 9.57 Å². The van der Waals surface area contributed by atoms with Gasteiger partial charge in [0.25, 0.3) is 0 Å². The van der Waals surface area contributed by atoms with Crippen LogP contribution in [0.25, 0.3) is 0 Å². The van der Waals surface area contributed by atoms with Gasteiger partial charge in [-0.2, -0.15) is 0 Å². The Morgan fingerprint density at radius 2 is 1.34 bits per heavy atom. The van der Waals surface area contributed by atoms with Gasteiger partial charge in [0.2, 0.25) is 12.3 Å². The van der Waals surface area contributed by atoms with Gasteiger partial charge in [-0.3, -0.25) is 14.4 Å². The third-order valence-electron chi connectivity index (χ3n) is 5.39. The number of hydroxylamine groups is 2. The number of hydrogen-bond acceptors (Lipinski definition) is 5. The molecule has 0 unspecified atom stereocenters. The fraction of sp³-hybridized carbons (Fsp3) is 0.250. The molecule has 7 heteroatoms. The van der Waals surface area contributed by atoms with Crippen LogP contribution < -0.4 is 5.32 Å². The number of nitrogens with zero attached hydrogens (tertiary/aromatic N) is 1. The smallest absolute Gasteiger partial charge is 0.328 e. The van der Waals surface area contributed by atoms with Crippen molar-refractivity contribution in [3.63, 3.8) is 0 Å². The van der Waals surface area contributed by atoms with Crippen LogP contribution in [0.15, 0.2) is 91.0 Å². The first kappa shape index (κ1) is 25.6. The molecule has 0 heterocycles. The lowest BCUT2D eigenvalue weighted by Gasteiger charge is -2.24. The summed E-state index contributed by atoms with van der Waals surface area (Å²) in [5, 5.41) is 3.85. The maximum Gasteiger partial charge on any atom is 0.328 e. The highest BCUT2D eigenvalue weighted by molar-refractivity contribution is 5.85. The average Bonchev–Trinajstić information content (AvgIpc) is 2.90. The highest BCUT2D eigenvalue weighted by atomic mass is 16.7. The Morgan fingerprint density at radius 1 is 0.829 bits per heavy atom. The number of ether oxygens (including phenoxy) is 1. The number of rotatable bonds is 13. The van der Waals surface area contributed by atoms with Gasteiger partial charge >= 0.3 is 5.97 Å². The summed E-state index contributed by atoms with van der Waals surface area (Å²) in [5.41, 5.74) is 2.69. The molecule has 3 aromatic carbocycles. The summed E-state index contributed by atoms with van der Waals surface area (Å²) < 4.78 is 5.33. The van der Waals surface area contributed by atoms with Crippen molar-refractivity contribution in [3.05, 3.63) is 108 Å². The van der Waals surface area contributed by atoms with E-state index in [0.29, 0.717) is 12.8 Å². The van der Waals surface area contributed by atoms with Crippen molar-refractivity contribution >= 4 is 18.3 Å². The first-order valence-electron chi connectivity index (χ1n) is 11.5. The van der Waals surface area contributed by atoms with Crippen LogP contribution in [-0.4, -0.2) is 35.9 Å². The maximum absolute atomic E-state index is 13.1. The molecule has 182 valence electrons. The van der Waals surface area contributed by atoms with Crippen LogP contribution >= 0.6 is 0 Å². The third kappa shape index (κ3) is 8.72. The van der Waals surface area contributed by atoms with Crippen molar-refractivity contribution in [2.24, 2.45) is 5.92 Å². The zero-order valence-electron chi connectivity index (χ0n) is 19.7. The van der Waals surface area contributed by atoms with E-state index in [-0.39, 0.29) is 25.7 Å². The molecule has 2 atom stereocenters. The molecule has 0 aliphatic carbocycles. The zero-order valence-corrected chi connectivity index (χ0v) is 19.7. The maximum atomic E-state index is 13.1. The molecule has 35 heavy (non-hydrogen) atoms. The summed E-state index contributed by atoms with van der Waals surface area (Å²) in [4.78, 5) is 42.9. The van der Waals surface area contributed by atoms with Crippen molar-refractivity contribution in [2.75, 3.05) is 6.54 Å². The van der Waals surface area contributed by atoms with Crippen LogP contribution in [0.3, 0.4) is 0 Å². The van der Waals surface area contributed by atoms with E-state index >= 15 is 0 Å². The van der Waals surface area contributed by atoms with Gasteiger partial charge in [-0.1, -0.05) is 91.0 Å². The Hall–Kier alpha value is -3.97. The Morgan fingerprint density at radius 3 is 1.89 bits per heavy atom. The number of benzene rings is 3. The molecule has 0 aliphatic rings. The van der Waals surface area contributed by atoms with E-state index in [1.54, 1.807) is 6.92 Å². The van der Waals surface area contributed by atoms with E-state index in [1.807, 2.05) is 91.0 Å². The molecule has 3 aromatic rings. The molecule has 0 radical (unpaired) electrons. The molecule has 1 N–H and O–H groups in total. The van der Waals surface area contributed by atoms with Gasteiger partial charge in [0.15, 0.2) is 0 Å². The predicted octanol–water partition coefficient (Wildman–Crippen LogP) is 3.68. The first-order valence-corrected chi connectivity index (χ1v) is 11.5. The van der Waals surface area contributed by atoms with Crippen molar-refractivity contribution < 1.29 is 24.0 Å². The number of nitrogens with one attached hydrogen (secondary N) is 1. The number of hydrogen-bond donors (Lipinski definition) is 1. The van der Waals surface area contributed by atoms with Crippen LogP contribution in [0.5, 0.6) is 0 Å². The minimum atomic E-state index is -0.848. The van der Waals surface area contributed by atoms with Crippen molar-refractivity contribution in [3.8, 4) is 0 Å². The number of carbonyl (C=O) groups excluding carboxylic acids is 3. The van der Waals surface area contributed by atoms with Crippen molar-refractivity contribution in [1.82, 2.24) is 10.4 Å². The Bertz CT molecular complexity index is 1060. The lowest BCUT2D eigenvalue weighted by Crippen LogP contribution is -2.46. The van der Waals surface area contributed by atoms with Crippen molar-refractivity contribution in [1.29, 1.82) is 0 Å². The minimum absolute atomic E-state index is 0.0306. The lowest BCUT2D eigenvalue weighted by molar-refractivity contribution is -0.182. The van der Waals surface area contributed by atoms with E-state index in [0.717, 1.165) is 21.8 Å². The topological polar surface area (TPSA) is 84.9 Å². The Labute approximate surface area is 205 Å². The Kier molecular flexibility index (Phi) is 10.0. The van der Waals surface area contributed by atoms with Gasteiger partial charge in [-0.15, -0.1) is 0 Å². The molecular formula is C28H30N2O5. The summed E-state index contributed by atoms with van der Waals surface area (Å²) in [6, 6.07) is 27.4. The third-order valence-corrected chi connectivity index (χ3v) is 5.39. The van der Waals surface area contributed by atoms with Gasteiger partial charge in [-0.05, 0) is 30.0 Å². The predicted molar refractivity (Wildman–Crippen MR) is 131 cm³/mol. The van der Waals surface area contributed by atoms with Crippen LogP contribution in [0, 0.1) is 5.92 Å². The highest BCUT2D eigenvalue weighted by Crippen LogP contribution is 2.13. The van der Waals surface area contributed by atoms with Crippen LogP contribution in [0.4, 0.5) is 0 Å². The second-order valence-electron chi connectivity index (χ2n) is 8.17. The first-order chi connectivity index (χ1) is 17.0. The molecular weight excluding hydrogens is 444 g/mol. The fourth-order valence-electron chi connectivity index (χ4n) is 3.46. The monoisotopic (exact) mass is 474 g/mol. The second kappa shape index (κ2) is 13.7. The Balaban J connectivity index is 1.61. The van der Waals surface area contributed by atoms with Gasteiger partial charge in [0.05, 0.1) is 12.5 Å². The molecule has 0 aromatic heterocycles. The molecule has 3 rings (SSSR count). The minimum Gasteiger partial charge on any atom is -0.459 e. The molecule has 0 aliphatic heterocycles. The van der Waals surface area contributed by atoms with Gasteiger partial charge < -0.3 is 10.1 Å². The number of esters is 1. The van der Waals surface area contributed by atoms with E-state index < -0.39 is 17.9 Å². The summed E-state index contributed by atoms with van der Waals surface area (Å²) in [6.45, 7) is 1.93. The standard InChI is InChI=1S/C28H30N2O5/c1-22(28(33)34-19-24-13-7-3-8-14-24)29-27(32)26(17-23-11-5-2-6-12-23)18-30(21-31)35-20-25-15-9-4-10-16-25/h2-16,21-22,26H,17-20H2,1H3,(H,29,32)/t22-,26-/m0/s1. The SMILES string of the molecule is C[C@H](NC(=O)[C@@H](Cc1ccccc1)CN(C=O)OCc1ccccc1)C(=O)OCc1ccccc1. The summed E-state index contributed by atoms with van der Waals surface area (Å²) in [6.07, 6.45) is 0.934. The second-order valence-corrected chi connectivity index (χ2v) is 8.17. The van der Waals surface area contributed by atoms with Gasteiger partial charge in [0, 0.05) is 0 Å². The summed E-state index contributed by atoms with van der Waals surface area (Å²) >= 11 is 0. The van der Waals surface area contributed by atoms with E-state index in [1.165, 1.54) is 0 Å². The molecule has 0 saturated carbocycles. The van der Waals surface area contributed by atoms with Crippen LogP contribution in [-0.2, 0) is 43.6 Å². The van der Waals surface area contributed by atoms with E-state index in [2.05, 4.69) is 5.32 Å². The molecule has 0 saturated heterocycles. The highest BCUT2D eigenvalue weighted by Gasteiger charge is 2.26. The molecule has 2 amide bonds. The summed E-state index contributed by atoms with van der Waals surface area (Å²) in [5.74, 6) is -1.54. The van der Waals surface area contributed by atoms with Gasteiger partial charge in [0.1, 0.15) is 19.3 Å². The molecule has 0 spiro atoms. The molecule has 7 nitrogen and oxygen atoms in total. The summed E-state index contributed by atoms with van der Waals surface area (Å²) in [7, 11) is 0. The number of amides is 2.